The Bertz CT molecular complexity index is 412. The van der Waals surface area contributed by atoms with Crippen LogP contribution < -0.4 is 0 Å². The van der Waals surface area contributed by atoms with Crippen molar-refractivity contribution >= 4 is 11.4 Å². The van der Waals surface area contributed by atoms with Gasteiger partial charge in [0.2, 0.25) is 0 Å². The van der Waals surface area contributed by atoms with Gasteiger partial charge in [-0.1, -0.05) is 17.7 Å². The largest absolute Gasteiger partial charge is 0.254 e. The summed E-state index contributed by atoms with van der Waals surface area (Å²) in [5.41, 5.74) is 2.95. The molecule has 1 aliphatic heterocycles. The van der Waals surface area contributed by atoms with E-state index in [0.717, 1.165) is 22.5 Å². The Morgan fingerprint density at radius 2 is 2.07 bits per heavy atom. The topological polar surface area (TPSA) is 41.8 Å². The van der Waals surface area contributed by atoms with Crippen LogP contribution in [0, 0.1) is 6.92 Å². The monoisotopic (exact) mass is 191 g/mol. The van der Waals surface area contributed by atoms with Crippen LogP contribution in [0.5, 0.6) is 0 Å². The van der Waals surface area contributed by atoms with Crippen molar-refractivity contribution in [2.24, 2.45) is 4.99 Å². The van der Waals surface area contributed by atoms with Crippen LogP contribution in [0.1, 0.15) is 25.0 Å². The molecule has 1 heterocycles. The molecule has 14 heavy (non-hydrogen) atoms. The normalized spacial score (nSPS) is 24.7. The van der Waals surface area contributed by atoms with Gasteiger partial charge in [0.15, 0.2) is 5.60 Å². The molecule has 3 nitrogen and oxygen atoms in total. The summed E-state index contributed by atoms with van der Waals surface area (Å²) in [5, 5.41) is 8.95. The predicted octanol–water partition coefficient (Wildman–Crippen LogP) is 2.81. The van der Waals surface area contributed by atoms with Gasteiger partial charge in [0.05, 0.1) is 11.4 Å². The van der Waals surface area contributed by atoms with Gasteiger partial charge in [-0.25, -0.2) is 4.89 Å². The fourth-order valence-corrected chi connectivity index (χ4v) is 1.73. The fourth-order valence-electron chi connectivity index (χ4n) is 1.73. The molecule has 1 unspecified atom stereocenters. The number of fused-ring (bicyclic) bond motifs is 1. The molecule has 0 amide bonds. The Morgan fingerprint density at radius 3 is 2.71 bits per heavy atom. The third kappa shape index (κ3) is 1.10. The molecule has 0 saturated carbocycles. The first-order valence-corrected chi connectivity index (χ1v) is 4.57. The van der Waals surface area contributed by atoms with Gasteiger partial charge in [0, 0.05) is 5.56 Å². The highest BCUT2D eigenvalue weighted by Crippen LogP contribution is 2.40. The molecule has 0 fully saturated rings. The molecule has 1 aliphatic rings. The minimum Gasteiger partial charge on any atom is -0.254 e. The van der Waals surface area contributed by atoms with Crippen LogP contribution >= 0.6 is 0 Å². The summed E-state index contributed by atoms with van der Waals surface area (Å²) < 4.78 is 0. The molecule has 0 radical (unpaired) electrons. The predicted molar refractivity (Wildman–Crippen MR) is 55.0 cm³/mol. The van der Waals surface area contributed by atoms with E-state index in [-0.39, 0.29) is 0 Å². The molecule has 1 aromatic rings. The maximum absolute atomic E-state index is 8.95. The van der Waals surface area contributed by atoms with Gasteiger partial charge >= 0.3 is 0 Å². The van der Waals surface area contributed by atoms with Crippen LogP contribution in [-0.4, -0.2) is 11.0 Å². The summed E-state index contributed by atoms with van der Waals surface area (Å²) >= 11 is 0. The van der Waals surface area contributed by atoms with Gasteiger partial charge in [-0.3, -0.25) is 10.2 Å². The van der Waals surface area contributed by atoms with Crippen molar-refractivity contribution < 1.29 is 10.1 Å². The molecular weight excluding hydrogens is 178 g/mol. The summed E-state index contributed by atoms with van der Waals surface area (Å²) in [4.78, 5) is 8.91. The minimum absolute atomic E-state index is 0.776. The lowest BCUT2D eigenvalue weighted by Gasteiger charge is -2.21. The molecule has 1 atom stereocenters. The lowest BCUT2D eigenvalue weighted by Crippen LogP contribution is -2.29. The number of hydrogen-bond donors (Lipinski definition) is 1. The second-order valence-corrected chi connectivity index (χ2v) is 3.84. The van der Waals surface area contributed by atoms with Crippen molar-refractivity contribution in [2.45, 2.75) is 26.4 Å². The highest BCUT2D eigenvalue weighted by Gasteiger charge is 2.38. The smallest absolute Gasteiger partial charge is 0.165 e. The van der Waals surface area contributed by atoms with Crippen LogP contribution in [0.25, 0.3) is 0 Å². The molecule has 0 saturated heterocycles. The fraction of sp³-hybridized carbons (Fsp3) is 0.364. The maximum atomic E-state index is 8.95. The van der Waals surface area contributed by atoms with Crippen LogP contribution in [0.15, 0.2) is 23.2 Å². The molecule has 0 aromatic heterocycles. The summed E-state index contributed by atoms with van der Waals surface area (Å²) in [6.45, 7) is 5.67. The molecule has 1 aromatic carbocycles. The van der Waals surface area contributed by atoms with E-state index in [1.807, 2.05) is 39.0 Å². The van der Waals surface area contributed by atoms with Gasteiger partial charge < -0.3 is 0 Å². The maximum Gasteiger partial charge on any atom is 0.165 e. The van der Waals surface area contributed by atoms with Crippen molar-refractivity contribution in [1.82, 2.24) is 0 Å². The van der Waals surface area contributed by atoms with E-state index < -0.39 is 5.60 Å². The van der Waals surface area contributed by atoms with Crippen molar-refractivity contribution in [1.29, 1.82) is 0 Å². The Balaban J connectivity index is 2.62. The Morgan fingerprint density at radius 1 is 1.36 bits per heavy atom. The van der Waals surface area contributed by atoms with Gasteiger partial charge in [0.1, 0.15) is 0 Å². The second-order valence-electron chi connectivity index (χ2n) is 3.84. The van der Waals surface area contributed by atoms with E-state index in [9.17, 15) is 0 Å². The van der Waals surface area contributed by atoms with E-state index in [2.05, 4.69) is 9.88 Å². The van der Waals surface area contributed by atoms with E-state index in [1.54, 1.807) is 0 Å². The third-order valence-corrected chi connectivity index (χ3v) is 2.83. The van der Waals surface area contributed by atoms with Crippen molar-refractivity contribution in [3.8, 4) is 0 Å². The molecule has 3 heteroatoms. The Hall–Kier alpha value is -1.19. The highest BCUT2D eigenvalue weighted by molar-refractivity contribution is 5.98. The number of nitrogens with zero attached hydrogens (tertiary/aromatic N) is 1. The van der Waals surface area contributed by atoms with E-state index in [0.29, 0.717) is 0 Å². The Kier molecular flexibility index (Phi) is 1.94. The Labute approximate surface area is 83.0 Å². The van der Waals surface area contributed by atoms with Crippen LogP contribution in [-0.2, 0) is 10.5 Å². The SMILES string of the molecule is CC1=Nc2ccc(C)cc2C1(C)OO. The van der Waals surface area contributed by atoms with Gasteiger partial charge in [-0.15, -0.1) is 0 Å². The van der Waals surface area contributed by atoms with E-state index in [4.69, 9.17) is 5.26 Å². The number of rotatable bonds is 1. The van der Waals surface area contributed by atoms with Crippen LogP contribution in [0.2, 0.25) is 0 Å². The van der Waals surface area contributed by atoms with Gasteiger partial charge in [0.25, 0.3) is 0 Å². The van der Waals surface area contributed by atoms with E-state index >= 15 is 0 Å². The van der Waals surface area contributed by atoms with Crippen molar-refractivity contribution in [3.05, 3.63) is 29.3 Å². The number of aryl methyl sites for hydroxylation is 1. The summed E-state index contributed by atoms with van der Waals surface area (Å²) in [5.74, 6) is 0. The first-order valence-electron chi connectivity index (χ1n) is 4.57. The molecule has 2 rings (SSSR count). The number of hydrogen-bond acceptors (Lipinski definition) is 3. The quantitative estimate of drug-likeness (QED) is 0.547. The molecule has 1 N–H and O–H groups in total. The zero-order valence-corrected chi connectivity index (χ0v) is 8.53. The standard InChI is InChI=1S/C11H13NO2/c1-7-4-5-10-9(6-7)11(3,14-13)8(2)12-10/h4-6,13H,1-3H3. The first kappa shape index (κ1) is 9.37. The van der Waals surface area contributed by atoms with Crippen molar-refractivity contribution in [2.75, 3.05) is 0 Å². The lowest BCUT2D eigenvalue weighted by molar-refractivity contribution is -0.299. The third-order valence-electron chi connectivity index (χ3n) is 2.83. The molecular formula is C11H13NO2. The number of aliphatic imine (C=N–C) groups is 1. The average molecular weight is 191 g/mol. The van der Waals surface area contributed by atoms with Crippen LogP contribution in [0.3, 0.4) is 0 Å². The van der Waals surface area contributed by atoms with Gasteiger partial charge in [-0.2, -0.15) is 0 Å². The average Bonchev–Trinajstić information content (AvgIpc) is 2.41. The van der Waals surface area contributed by atoms with Crippen molar-refractivity contribution in [3.63, 3.8) is 0 Å². The van der Waals surface area contributed by atoms with Crippen LogP contribution in [0.4, 0.5) is 5.69 Å². The number of benzene rings is 1. The zero-order chi connectivity index (χ0) is 10.3. The molecule has 74 valence electrons. The zero-order valence-electron chi connectivity index (χ0n) is 8.53. The molecule has 0 aliphatic carbocycles. The highest BCUT2D eigenvalue weighted by atomic mass is 17.1. The second kappa shape index (κ2) is 2.90. The summed E-state index contributed by atoms with van der Waals surface area (Å²) in [6.07, 6.45) is 0. The van der Waals surface area contributed by atoms with Gasteiger partial charge in [-0.05, 0) is 26.8 Å². The molecule has 0 bridgehead atoms. The van der Waals surface area contributed by atoms with E-state index in [1.165, 1.54) is 0 Å². The minimum atomic E-state index is -0.776. The lowest BCUT2D eigenvalue weighted by atomic mass is 9.92. The first-order chi connectivity index (χ1) is 6.58. The summed E-state index contributed by atoms with van der Waals surface area (Å²) in [7, 11) is 0. The molecule has 0 spiro atoms. The summed E-state index contributed by atoms with van der Waals surface area (Å²) in [6, 6.07) is 5.93.